The number of fused-ring (bicyclic) bond motifs is 3. The van der Waals surface area contributed by atoms with E-state index in [0.29, 0.717) is 11.4 Å². The molecule has 0 aromatic heterocycles. The van der Waals surface area contributed by atoms with Gasteiger partial charge in [-0.15, -0.1) is 0 Å². The Bertz CT molecular complexity index is 1020. The molecule has 2 aromatic rings. The Morgan fingerprint density at radius 2 is 1.29 bits per heavy atom. The van der Waals surface area contributed by atoms with Crippen molar-refractivity contribution >= 4 is 17.5 Å². The number of hydrogen-bond acceptors (Lipinski definition) is 6. The average Bonchev–Trinajstić information content (AvgIpc) is 3.32. The van der Waals surface area contributed by atoms with Gasteiger partial charge in [-0.05, 0) is 47.4 Å². The molecule has 3 aliphatic heterocycles. The van der Waals surface area contributed by atoms with Crippen molar-refractivity contribution in [2.45, 2.75) is 25.9 Å². The molecule has 5 rings (SSSR count). The molecular formula is C24H27N3O4. The number of amides is 2. The van der Waals surface area contributed by atoms with Gasteiger partial charge in [-0.25, -0.2) is 14.9 Å². The fourth-order valence-electron chi connectivity index (χ4n) is 5.28. The standard InChI is InChI=1S/C24H27N3O4/c1-24(2)13-25-20(15-5-9-17(30-3)10-6-15)19-21(26(25)14-24)23(29)27(22(19)28)16-7-11-18(31-4)12-8-16/h5-12,19-21H,13-14H2,1-4H3/t19-,20+,21-/m1/s1. The third-order valence-corrected chi connectivity index (χ3v) is 6.60. The molecule has 0 saturated carbocycles. The number of carbonyl (C=O) groups is 2. The van der Waals surface area contributed by atoms with Gasteiger partial charge < -0.3 is 9.47 Å². The summed E-state index contributed by atoms with van der Waals surface area (Å²) in [5.74, 6) is 0.711. The first-order valence-electron chi connectivity index (χ1n) is 10.5. The van der Waals surface area contributed by atoms with E-state index in [9.17, 15) is 9.59 Å². The normalized spacial score (nSPS) is 27.5. The molecule has 3 saturated heterocycles. The number of rotatable bonds is 4. The summed E-state index contributed by atoms with van der Waals surface area (Å²) in [6, 6.07) is 14.3. The van der Waals surface area contributed by atoms with Crippen molar-refractivity contribution in [3.05, 3.63) is 54.1 Å². The second-order valence-corrected chi connectivity index (χ2v) is 9.26. The summed E-state index contributed by atoms with van der Waals surface area (Å²) in [5, 5.41) is 4.36. The molecule has 3 atom stereocenters. The van der Waals surface area contributed by atoms with E-state index in [1.54, 1.807) is 38.5 Å². The van der Waals surface area contributed by atoms with Crippen molar-refractivity contribution in [2.75, 3.05) is 32.2 Å². The highest BCUT2D eigenvalue weighted by Crippen LogP contribution is 2.51. The van der Waals surface area contributed by atoms with Crippen molar-refractivity contribution in [3.63, 3.8) is 0 Å². The third-order valence-electron chi connectivity index (χ3n) is 6.60. The maximum atomic E-state index is 13.6. The van der Waals surface area contributed by atoms with Crippen LogP contribution in [0.3, 0.4) is 0 Å². The van der Waals surface area contributed by atoms with E-state index in [1.165, 1.54) is 4.90 Å². The number of carbonyl (C=O) groups excluding carboxylic acids is 2. The lowest BCUT2D eigenvalue weighted by molar-refractivity contribution is -0.126. The van der Waals surface area contributed by atoms with Crippen molar-refractivity contribution in [3.8, 4) is 11.5 Å². The molecule has 3 aliphatic rings. The number of nitrogens with zero attached hydrogens (tertiary/aromatic N) is 3. The number of ether oxygens (including phenoxy) is 2. The van der Waals surface area contributed by atoms with Gasteiger partial charge in [0, 0.05) is 13.1 Å². The van der Waals surface area contributed by atoms with E-state index in [2.05, 4.69) is 23.9 Å². The van der Waals surface area contributed by atoms with E-state index >= 15 is 0 Å². The lowest BCUT2D eigenvalue weighted by Crippen LogP contribution is -2.44. The number of hydrazine groups is 1. The first-order valence-corrected chi connectivity index (χ1v) is 10.5. The second-order valence-electron chi connectivity index (χ2n) is 9.26. The molecule has 3 heterocycles. The van der Waals surface area contributed by atoms with Crippen LogP contribution < -0.4 is 14.4 Å². The van der Waals surface area contributed by atoms with Crippen LogP contribution in [-0.4, -0.2) is 55.2 Å². The number of imide groups is 1. The van der Waals surface area contributed by atoms with Crippen LogP contribution in [0.4, 0.5) is 5.69 Å². The summed E-state index contributed by atoms with van der Waals surface area (Å²) in [5.41, 5.74) is 1.64. The van der Waals surface area contributed by atoms with E-state index in [-0.39, 0.29) is 23.3 Å². The molecule has 3 fully saturated rings. The minimum atomic E-state index is -0.483. The maximum Gasteiger partial charge on any atom is 0.253 e. The Morgan fingerprint density at radius 3 is 1.84 bits per heavy atom. The van der Waals surface area contributed by atoms with Gasteiger partial charge in [-0.3, -0.25) is 9.59 Å². The zero-order valence-electron chi connectivity index (χ0n) is 18.2. The summed E-state index contributed by atoms with van der Waals surface area (Å²) in [6.07, 6.45) is 0. The van der Waals surface area contributed by atoms with E-state index < -0.39 is 12.0 Å². The Morgan fingerprint density at radius 1 is 0.774 bits per heavy atom. The van der Waals surface area contributed by atoms with Crippen LogP contribution in [0, 0.1) is 11.3 Å². The minimum Gasteiger partial charge on any atom is -0.497 e. The SMILES string of the molecule is COc1ccc([C@H]2[C@H]3C(=O)N(c4ccc(OC)cc4)C(=O)[C@@H]3N3CC(C)(C)CN23)cc1. The van der Waals surface area contributed by atoms with Crippen LogP contribution in [0.25, 0.3) is 0 Å². The highest BCUT2D eigenvalue weighted by atomic mass is 16.5. The van der Waals surface area contributed by atoms with Crippen LogP contribution in [0.5, 0.6) is 11.5 Å². The van der Waals surface area contributed by atoms with Gasteiger partial charge >= 0.3 is 0 Å². The predicted molar refractivity (Wildman–Crippen MR) is 116 cm³/mol. The summed E-state index contributed by atoms with van der Waals surface area (Å²) in [4.78, 5) is 28.6. The Kier molecular flexibility index (Phi) is 4.57. The smallest absolute Gasteiger partial charge is 0.253 e. The quantitative estimate of drug-likeness (QED) is 0.708. The number of benzene rings is 2. The molecule has 0 N–H and O–H groups in total. The highest BCUT2D eigenvalue weighted by Gasteiger charge is 2.64. The van der Waals surface area contributed by atoms with E-state index in [0.717, 1.165) is 24.4 Å². The topological polar surface area (TPSA) is 62.3 Å². The average molecular weight is 421 g/mol. The van der Waals surface area contributed by atoms with Gasteiger partial charge in [-0.1, -0.05) is 26.0 Å². The lowest BCUT2D eigenvalue weighted by atomic mass is 9.86. The van der Waals surface area contributed by atoms with Gasteiger partial charge in [0.05, 0.1) is 31.9 Å². The van der Waals surface area contributed by atoms with Crippen molar-refractivity contribution in [1.29, 1.82) is 0 Å². The molecule has 31 heavy (non-hydrogen) atoms. The molecule has 2 aromatic carbocycles. The highest BCUT2D eigenvalue weighted by molar-refractivity contribution is 6.24. The summed E-state index contributed by atoms with van der Waals surface area (Å²) in [7, 11) is 3.23. The summed E-state index contributed by atoms with van der Waals surface area (Å²) < 4.78 is 10.5. The Balaban J connectivity index is 1.56. The molecule has 7 heteroatoms. The molecule has 7 nitrogen and oxygen atoms in total. The van der Waals surface area contributed by atoms with Gasteiger partial charge in [0.15, 0.2) is 0 Å². The van der Waals surface area contributed by atoms with Crippen molar-refractivity contribution < 1.29 is 19.1 Å². The molecule has 0 radical (unpaired) electrons. The number of hydrogen-bond donors (Lipinski definition) is 0. The molecule has 0 unspecified atom stereocenters. The fourth-order valence-corrected chi connectivity index (χ4v) is 5.28. The van der Waals surface area contributed by atoms with Crippen LogP contribution in [-0.2, 0) is 9.59 Å². The van der Waals surface area contributed by atoms with Gasteiger partial charge in [0.2, 0.25) is 5.91 Å². The zero-order chi connectivity index (χ0) is 21.9. The molecule has 2 amide bonds. The minimum absolute atomic E-state index is 0.0343. The van der Waals surface area contributed by atoms with E-state index in [1.807, 2.05) is 24.3 Å². The molecular weight excluding hydrogens is 394 g/mol. The van der Waals surface area contributed by atoms with Crippen LogP contribution >= 0.6 is 0 Å². The fraction of sp³-hybridized carbons (Fsp3) is 0.417. The van der Waals surface area contributed by atoms with Crippen molar-refractivity contribution in [2.24, 2.45) is 11.3 Å². The van der Waals surface area contributed by atoms with Gasteiger partial charge in [0.1, 0.15) is 17.5 Å². The number of anilines is 1. The third kappa shape index (κ3) is 3.03. The summed E-state index contributed by atoms with van der Waals surface area (Å²) >= 11 is 0. The largest absolute Gasteiger partial charge is 0.497 e. The Hall–Kier alpha value is -2.90. The predicted octanol–water partition coefficient (Wildman–Crippen LogP) is 2.88. The lowest BCUT2D eigenvalue weighted by Gasteiger charge is -2.30. The molecule has 0 aliphatic carbocycles. The monoisotopic (exact) mass is 421 g/mol. The molecule has 0 bridgehead atoms. The van der Waals surface area contributed by atoms with Crippen LogP contribution in [0.2, 0.25) is 0 Å². The van der Waals surface area contributed by atoms with Crippen LogP contribution in [0.15, 0.2) is 48.5 Å². The van der Waals surface area contributed by atoms with Gasteiger partial charge in [0.25, 0.3) is 5.91 Å². The molecule has 0 spiro atoms. The van der Waals surface area contributed by atoms with Gasteiger partial charge in [-0.2, -0.15) is 0 Å². The number of methoxy groups -OCH3 is 2. The Labute approximate surface area is 182 Å². The molecule has 162 valence electrons. The maximum absolute atomic E-state index is 13.6. The first-order chi connectivity index (χ1) is 14.8. The second kappa shape index (κ2) is 7.07. The first kappa shape index (κ1) is 20.0. The zero-order valence-corrected chi connectivity index (χ0v) is 18.2. The van der Waals surface area contributed by atoms with E-state index in [4.69, 9.17) is 9.47 Å². The van der Waals surface area contributed by atoms with Crippen molar-refractivity contribution in [1.82, 2.24) is 10.0 Å². The van der Waals surface area contributed by atoms with Crippen LogP contribution in [0.1, 0.15) is 25.5 Å². The summed E-state index contributed by atoms with van der Waals surface area (Å²) in [6.45, 7) is 5.96.